The zero-order valence-corrected chi connectivity index (χ0v) is 30.0. The maximum Gasteiger partial charge on any atom is 0.248 e. The van der Waals surface area contributed by atoms with Crippen molar-refractivity contribution in [2.45, 2.75) is 50.9 Å². The molecular weight excluding hydrogens is 680 g/mol. The molecule has 276 valence electrons. The SMILES string of the molecule is CC(=O)N[C@@H](CCS(C)=O)C(=O)N(C)[C@@H]1C(=O)N[C@@H](C)C(=O)N[C@H](C(=O)NCC#N)Cc2ccc(OCCN)c(c2)-c2cc1ccc2OCCN. The minimum absolute atomic E-state index is 0.0134. The molecule has 0 radical (unpaired) electrons. The molecule has 5 atom stereocenters. The summed E-state index contributed by atoms with van der Waals surface area (Å²) in [5, 5.41) is 19.4. The molecular formula is C34H46N8O8S. The van der Waals surface area contributed by atoms with Gasteiger partial charge < -0.3 is 47.1 Å². The van der Waals surface area contributed by atoms with E-state index in [1.807, 2.05) is 6.07 Å². The molecule has 2 aromatic rings. The van der Waals surface area contributed by atoms with Crippen LogP contribution in [0.4, 0.5) is 0 Å². The number of carbonyl (C=O) groups is 5. The fraction of sp³-hybridized carbons (Fsp3) is 0.471. The van der Waals surface area contributed by atoms with Gasteiger partial charge in [0, 0.05) is 67.4 Å². The van der Waals surface area contributed by atoms with E-state index in [2.05, 4.69) is 21.3 Å². The Bertz CT molecular complexity index is 1670. The van der Waals surface area contributed by atoms with E-state index in [9.17, 15) is 28.2 Å². The van der Waals surface area contributed by atoms with Crippen LogP contribution in [0, 0.1) is 11.3 Å². The highest BCUT2D eigenvalue weighted by Crippen LogP contribution is 2.40. The predicted molar refractivity (Wildman–Crippen MR) is 190 cm³/mol. The molecule has 17 heteroatoms. The summed E-state index contributed by atoms with van der Waals surface area (Å²) >= 11 is 0. The van der Waals surface area contributed by atoms with Crippen LogP contribution in [-0.2, 0) is 41.2 Å². The monoisotopic (exact) mass is 726 g/mol. The van der Waals surface area contributed by atoms with Gasteiger partial charge in [0.25, 0.3) is 0 Å². The third-order valence-corrected chi connectivity index (χ3v) is 8.73. The molecule has 0 spiro atoms. The molecule has 51 heavy (non-hydrogen) atoms. The number of fused-ring (bicyclic) bond motifs is 5. The fourth-order valence-corrected chi connectivity index (χ4v) is 6.06. The van der Waals surface area contributed by atoms with E-state index in [0.717, 1.165) is 4.90 Å². The van der Waals surface area contributed by atoms with Crippen LogP contribution >= 0.6 is 0 Å². The van der Waals surface area contributed by atoms with Crippen molar-refractivity contribution in [2.24, 2.45) is 11.5 Å². The molecule has 2 aromatic carbocycles. The Morgan fingerprint density at radius 3 is 2.25 bits per heavy atom. The highest BCUT2D eigenvalue weighted by Gasteiger charge is 2.36. The number of nitrogens with zero attached hydrogens (tertiary/aromatic N) is 2. The normalized spacial score (nSPS) is 18.4. The topological polar surface area (TPSA) is 248 Å². The number of nitriles is 1. The van der Waals surface area contributed by atoms with Crippen molar-refractivity contribution in [3.05, 3.63) is 47.5 Å². The lowest BCUT2D eigenvalue weighted by molar-refractivity contribution is -0.142. The molecule has 1 unspecified atom stereocenters. The summed E-state index contributed by atoms with van der Waals surface area (Å²) in [6.07, 6.45) is 1.53. The number of hydrogen-bond acceptors (Lipinski definition) is 11. The van der Waals surface area contributed by atoms with E-state index in [0.29, 0.717) is 33.8 Å². The molecule has 0 aromatic heterocycles. The third kappa shape index (κ3) is 11.2. The van der Waals surface area contributed by atoms with Crippen molar-refractivity contribution in [1.82, 2.24) is 26.2 Å². The molecule has 5 amide bonds. The average Bonchev–Trinajstić information content (AvgIpc) is 3.09. The second-order valence-electron chi connectivity index (χ2n) is 11.9. The summed E-state index contributed by atoms with van der Waals surface area (Å²) in [5.41, 5.74) is 13.4. The lowest BCUT2D eigenvalue weighted by atomic mass is 9.93. The van der Waals surface area contributed by atoms with Crippen molar-refractivity contribution in [1.29, 1.82) is 5.26 Å². The maximum absolute atomic E-state index is 14.2. The van der Waals surface area contributed by atoms with Gasteiger partial charge in [0.05, 0.1) is 6.07 Å². The molecule has 0 saturated heterocycles. The van der Waals surface area contributed by atoms with Gasteiger partial charge in [0.2, 0.25) is 29.5 Å². The number of nitrogens with one attached hydrogen (secondary N) is 4. The van der Waals surface area contributed by atoms with Crippen LogP contribution in [0.5, 0.6) is 11.5 Å². The fourth-order valence-electron chi connectivity index (χ4n) is 5.49. The van der Waals surface area contributed by atoms with Crippen molar-refractivity contribution in [3.63, 3.8) is 0 Å². The molecule has 0 aliphatic carbocycles. The Morgan fingerprint density at radius 1 is 1.04 bits per heavy atom. The third-order valence-electron chi connectivity index (χ3n) is 7.92. The molecule has 1 heterocycles. The minimum Gasteiger partial charge on any atom is -0.492 e. The van der Waals surface area contributed by atoms with Gasteiger partial charge in [-0.15, -0.1) is 0 Å². The van der Waals surface area contributed by atoms with Crippen LogP contribution in [0.3, 0.4) is 0 Å². The summed E-state index contributed by atoms with van der Waals surface area (Å²) in [6, 6.07) is 7.14. The molecule has 3 rings (SSSR count). The molecule has 1 aliphatic heterocycles. The Hall–Kier alpha value is -5.05. The maximum atomic E-state index is 14.2. The van der Waals surface area contributed by atoms with Crippen LogP contribution in [0.15, 0.2) is 36.4 Å². The average molecular weight is 727 g/mol. The first kappa shape index (κ1) is 40.4. The second-order valence-corrected chi connectivity index (χ2v) is 13.5. The van der Waals surface area contributed by atoms with Crippen LogP contribution in [0.1, 0.15) is 37.4 Å². The number of likely N-dealkylation sites (N-methyl/N-ethyl adjacent to an activating group) is 1. The number of nitrogens with two attached hydrogens (primary N) is 2. The summed E-state index contributed by atoms with van der Waals surface area (Å²) in [4.78, 5) is 68.0. The zero-order valence-electron chi connectivity index (χ0n) is 29.2. The van der Waals surface area contributed by atoms with Gasteiger partial charge in [-0.3, -0.25) is 28.2 Å². The van der Waals surface area contributed by atoms with Gasteiger partial charge in [0.1, 0.15) is 55.4 Å². The quantitative estimate of drug-likeness (QED) is 0.129. The highest BCUT2D eigenvalue weighted by molar-refractivity contribution is 7.84. The standard InChI is InChI=1S/C34H46N8O8S/c1-20-31(44)41-27(32(45)38-13-10-35)18-22-5-7-28(49-14-11-36)24(17-22)25-19-23(6-8-29(25)50-15-12-37)30(33(46)39-20)42(3)34(47)26(40-21(2)43)9-16-51(4)48/h5-8,17,19-20,26-27,30H,9,11-16,18,36-37H2,1-4H3,(H,38,45)(H,39,46)(H,40,43)(H,41,44)/t20-,26-,27-,30-,51?/m0/s1. The van der Waals surface area contributed by atoms with Crippen LogP contribution in [0.2, 0.25) is 0 Å². The van der Waals surface area contributed by atoms with E-state index in [4.69, 9.17) is 26.2 Å². The Kier molecular flexibility index (Phi) is 15.3. The van der Waals surface area contributed by atoms with Crippen molar-refractivity contribution < 1.29 is 37.7 Å². The number of amides is 5. The Morgan fingerprint density at radius 2 is 1.67 bits per heavy atom. The van der Waals surface area contributed by atoms with Gasteiger partial charge in [-0.25, -0.2) is 0 Å². The first-order chi connectivity index (χ1) is 24.3. The first-order valence-corrected chi connectivity index (χ1v) is 18.1. The van der Waals surface area contributed by atoms with Crippen LogP contribution in [-0.4, -0.2) is 109 Å². The zero-order chi connectivity index (χ0) is 37.7. The molecule has 1 aliphatic rings. The van der Waals surface area contributed by atoms with E-state index < -0.39 is 64.5 Å². The van der Waals surface area contributed by atoms with E-state index in [-0.39, 0.29) is 51.4 Å². The summed E-state index contributed by atoms with van der Waals surface area (Å²) in [6.45, 7) is 3.09. The number of rotatable bonds is 14. The summed E-state index contributed by atoms with van der Waals surface area (Å²) in [7, 11) is 0.119. The molecule has 16 nitrogen and oxygen atoms in total. The molecule has 0 fully saturated rings. The number of carbonyl (C=O) groups excluding carboxylic acids is 5. The molecule has 0 saturated carbocycles. The van der Waals surface area contributed by atoms with Crippen LogP contribution in [0.25, 0.3) is 11.1 Å². The second kappa shape index (κ2) is 19.4. The number of ether oxygens (including phenoxy) is 2. The number of benzene rings is 2. The van der Waals surface area contributed by atoms with Crippen molar-refractivity contribution in [2.75, 3.05) is 51.9 Å². The Labute approximate surface area is 299 Å². The number of hydrogen-bond donors (Lipinski definition) is 6. The Balaban J connectivity index is 2.30. The molecule has 4 bridgehead atoms. The van der Waals surface area contributed by atoms with E-state index >= 15 is 0 Å². The summed E-state index contributed by atoms with van der Waals surface area (Å²) in [5.74, 6) is -2.29. The van der Waals surface area contributed by atoms with Gasteiger partial charge in [-0.2, -0.15) is 5.26 Å². The smallest absolute Gasteiger partial charge is 0.248 e. The summed E-state index contributed by atoms with van der Waals surface area (Å²) < 4.78 is 23.9. The predicted octanol–water partition coefficient (Wildman–Crippen LogP) is -1.01. The lowest BCUT2D eigenvalue weighted by Crippen LogP contribution is -2.56. The van der Waals surface area contributed by atoms with Gasteiger partial charge in [0.15, 0.2) is 0 Å². The lowest BCUT2D eigenvalue weighted by Gasteiger charge is -2.32. The first-order valence-electron chi connectivity index (χ1n) is 16.3. The van der Waals surface area contributed by atoms with Gasteiger partial charge in [-0.1, -0.05) is 12.1 Å². The van der Waals surface area contributed by atoms with E-state index in [1.54, 1.807) is 36.4 Å². The molecule has 8 N–H and O–H groups in total. The van der Waals surface area contributed by atoms with Gasteiger partial charge in [-0.05, 0) is 48.7 Å². The van der Waals surface area contributed by atoms with Crippen molar-refractivity contribution in [3.8, 4) is 28.7 Å². The minimum atomic E-state index is -1.35. The highest BCUT2D eigenvalue weighted by atomic mass is 32.2. The van der Waals surface area contributed by atoms with Gasteiger partial charge >= 0.3 is 0 Å². The van der Waals surface area contributed by atoms with Crippen LogP contribution < -0.4 is 42.2 Å². The van der Waals surface area contributed by atoms with Crippen molar-refractivity contribution >= 4 is 40.3 Å². The largest absolute Gasteiger partial charge is 0.492 e. The van der Waals surface area contributed by atoms with E-state index in [1.165, 1.54) is 27.2 Å².